The molecule has 1 aliphatic rings. The van der Waals surface area contributed by atoms with E-state index in [0.717, 1.165) is 33.3 Å². The first-order chi connectivity index (χ1) is 13.4. The number of carbonyl (C=O) groups excluding carboxylic acids is 1. The van der Waals surface area contributed by atoms with Crippen LogP contribution < -0.4 is 5.32 Å². The summed E-state index contributed by atoms with van der Waals surface area (Å²) in [4.78, 5) is 23.1. The second-order valence-electron chi connectivity index (χ2n) is 5.92. The molecule has 1 saturated heterocycles. The van der Waals surface area contributed by atoms with Crippen molar-refractivity contribution in [1.29, 1.82) is 0 Å². The molecule has 2 unspecified atom stereocenters. The molecule has 0 radical (unpaired) electrons. The van der Waals surface area contributed by atoms with Gasteiger partial charge in [0.05, 0.1) is 23.4 Å². The van der Waals surface area contributed by atoms with Crippen molar-refractivity contribution in [3.05, 3.63) is 54.1 Å². The summed E-state index contributed by atoms with van der Waals surface area (Å²) in [6, 6.07) is 15.1. The largest absolute Gasteiger partial charge is 0.481 e. The zero-order chi connectivity index (χ0) is 20.1. The number of amides is 1. The Kier molecular flexibility index (Phi) is 6.37. The molecule has 9 heteroatoms. The normalized spacial score (nSPS) is 19.1. The van der Waals surface area contributed by atoms with Gasteiger partial charge >= 0.3 is 5.97 Å². The third kappa shape index (κ3) is 4.93. The van der Waals surface area contributed by atoms with E-state index in [1.54, 1.807) is 6.26 Å². The number of amidine groups is 1. The van der Waals surface area contributed by atoms with E-state index >= 15 is 0 Å². The Morgan fingerprint density at radius 2 is 1.96 bits per heavy atom. The van der Waals surface area contributed by atoms with E-state index in [4.69, 9.17) is 5.11 Å². The minimum atomic E-state index is -1.08. The molecule has 0 bridgehead atoms. The monoisotopic (exact) mass is 415 g/mol. The van der Waals surface area contributed by atoms with Crippen molar-refractivity contribution in [1.82, 2.24) is 5.32 Å². The number of benzene rings is 2. The van der Waals surface area contributed by atoms with Crippen LogP contribution in [0, 0.1) is 0 Å². The molecule has 0 saturated carbocycles. The van der Waals surface area contributed by atoms with Gasteiger partial charge in [-0.1, -0.05) is 54.2 Å². The molecule has 1 heterocycles. The Morgan fingerprint density at radius 3 is 2.64 bits per heavy atom. The standard InChI is InChI=1S/C19H17N3O4S2/c1-28(26)16-5-3-2-4-14(16)13-8-6-12(7-9-13)11-20-22-19-21-18(25)15(27-19)10-17(23)24/h2-9,11,15H,10H2,1H3,(H,23,24)(H,21,22,25). The molecule has 2 aromatic carbocycles. The Bertz CT molecular complexity index is 987. The maximum absolute atomic E-state index is 11.9. The fraction of sp³-hybridized carbons (Fsp3) is 0.158. The Labute approximate surface area is 168 Å². The van der Waals surface area contributed by atoms with Crippen LogP contribution >= 0.6 is 11.8 Å². The number of carbonyl (C=O) groups is 2. The minimum Gasteiger partial charge on any atom is -0.481 e. The molecular formula is C19H17N3O4S2. The van der Waals surface area contributed by atoms with Crippen LogP contribution in [0.2, 0.25) is 0 Å². The van der Waals surface area contributed by atoms with Gasteiger partial charge in [0, 0.05) is 11.2 Å². The highest BCUT2D eigenvalue weighted by molar-refractivity contribution is 8.15. The first-order valence-electron chi connectivity index (χ1n) is 8.27. The van der Waals surface area contributed by atoms with Gasteiger partial charge in [-0.15, -0.1) is 5.10 Å². The van der Waals surface area contributed by atoms with Crippen molar-refractivity contribution in [2.24, 2.45) is 10.2 Å². The molecule has 2 aromatic rings. The van der Waals surface area contributed by atoms with E-state index in [9.17, 15) is 13.8 Å². The van der Waals surface area contributed by atoms with Gasteiger partial charge in [0.15, 0.2) is 5.17 Å². The van der Waals surface area contributed by atoms with Gasteiger partial charge in [-0.2, -0.15) is 5.10 Å². The Balaban J connectivity index is 1.69. The summed E-state index contributed by atoms with van der Waals surface area (Å²) >= 11 is 1.05. The van der Waals surface area contributed by atoms with Crippen molar-refractivity contribution in [3.8, 4) is 11.1 Å². The highest BCUT2D eigenvalue weighted by Crippen LogP contribution is 2.26. The fourth-order valence-electron chi connectivity index (χ4n) is 2.60. The van der Waals surface area contributed by atoms with Crippen LogP contribution in [0.3, 0.4) is 0 Å². The summed E-state index contributed by atoms with van der Waals surface area (Å²) in [7, 11) is -1.08. The van der Waals surface area contributed by atoms with Crippen LogP contribution in [-0.4, -0.2) is 44.1 Å². The lowest BCUT2D eigenvalue weighted by Crippen LogP contribution is -2.26. The van der Waals surface area contributed by atoms with E-state index in [1.165, 1.54) is 6.21 Å². The molecule has 3 rings (SSSR count). The fourth-order valence-corrected chi connectivity index (χ4v) is 4.28. The first kappa shape index (κ1) is 20.0. The Morgan fingerprint density at radius 1 is 1.25 bits per heavy atom. The quantitative estimate of drug-likeness (QED) is 0.557. The molecule has 144 valence electrons. The molecule has 1 aliphatic heterocycles. The van der Waals surface area contributed by atoms with E-state index < -0.39 is 22.0 Å². The first-order valence-corrected chi connectivity index (χ1v) is 10.7. The van der Waals surface area contributed by atoms with Gasteiger partial charge in [-0.25, -0.2) is 0 Å². The summed E-state index contributed by atoms with van der Waals surface area (Å²) < 4.78 is 11.9. The number of hydrogen-bond acceptors (Lipinski definition) is 6. The smallest absolute Gasteiger partial charge is 0.305 e. The molecule has 0 aliphatic carbocycles. The number of hydrogen-bond donors (Lipinski definition) is 2. The van der Waals surface area contributed by atoms with Crippen molar-refractivity contribution in [2.75, 3.05) is 6.26 Å². The molecule has 1 fully saturated rings. The number of rotatable bonds is 6. The minimum absolute atomic E-state index is 0.259. The lowest BCUT2D eigenvalue weighted by Gasteiger charge is -2.07. The van der Waals surface area contributed by atoms with Crippen LogP contribution in [0.5, 0.6) is 0 Å². The van der Waals surface area contributed by atoms with E-state index in [2.05, 4.69) is 15.5 Å². The zero-order valence-corrected chi connectivity index (χ0v) is 16.5. The maximum Gasteiger partial charge on any atom is 0.305 e. The highest BCUT2D eigenvalue weighted by Gasteiger charge is 2.32. The lowest BCUT2D eigenvalue weighted by atomic mass is 10.0. The third-order valence-electron chi connectivity index (χ3n) is 3.91. The number of nitrogens with one attached hydrogen (secondary N) is 1. The van der Waals surface area contributed by atoms with E-state index in [0.29, 0.717) is 0 Å². The second-order valence-corrected chi connectivity index (χ2v) is 8.46. The van der Waals surface area contributed by atoms with Crippen molar-refractivity contribution in [3.63, 3.8) is 0 Å². The average Bonchev–Trinajstić information content (AvgIpc) is 3.01. The topological polar surface area (TPSA) is 108 Å². The number of carboxylic acid groups (broad SMARTS) is 1. The predicted octanol–water partition coefficient (Wildman–Crippen LogP) is 2.49. The van der Waals surface area contributed by atoms with Crippen LogP contribution in [0.1, 0.15) is 12.0 Å². The lowest BCUT2D eigenvalue weighted by molar-refractivity contribution is -0.138. The molecule has 7 nitrogen and oxygen atoms in total. The molecule has 2 atom stereocenters. The van der Waals surface area contributed by atoms with Crippen molar-refractivity contribution >= 4 is 45.8 Å². The highest BCUT2D eigenvalue weighted by atomic mass is 32.2. The van der Waals surface area contributed by atoms with Gasteiger partial charge in [0.1, 0.15) is 5.25 Å². The summed E-state index contributed by atoms with van der Waals surface area (Å²) in [5, 5.41) is 18.8. The molecule has 1 amide bonds. The van der Waals surface area contributed by atoms with Gasteiger partial charge in [-0.05, 0) is 22.8 Å². The van der Waals surface area contributed by atoms with E-state index in [-0.39, 0.29) is 17.5 Å². The summed E-state index contributed by atoms with van der Waals surface area (Å²) in [5.74, 6) is -1.41. The Hall–Kier alpha value is -2.78. The number of aliphatic carboxylic acids is 1. The van der Waals surface area contributed by atoms with Gasteiger partial charge in [0.2, 0.25) is 5.91 Å². The maximum atomic E-state index is 11.9. The summed E-state index contributed by atoms with van der Waals surface area (Å²) in [5.41, 5.74) is 2.67. The van der Waals surface area contributed by atoms with Crippen LogP contribution in [0.25, 0.3) is 11.1 Å². The number of carboxylic acids is 1. The van der Waals surface area contributed by atoms with Crippen LogP contribution in [-0.2, 0) is 20.4 Å². The number of nitrogens with zero attached hydrogens (tertiary/aromatic N) is 2. The predicted molar refractivity (Wildman–Crippen MR) is 111 cm³/mol. The SMILES string of the molecule is CS(=O)c1ccccc1-c1ccc(C=NN=C2NC(=O)C(CC(=O)O)S2)cc1. The number of thioether (sulfide) groups is 1. The summed E-state index contributed by atoms with van der Waals surface area (Å²) in [6.45, 7) is 0. The van der Waals surface area contributed by atoms with E-state index in [1.807, 2.05) is 48.5 Å². The third-order valence-corrected chi connectivity index (χ3v) is 5.96. The molecule has 0 aromatic heterocycles. The zero-order valence-electron chi connectivity index (χ0n) is 14.9. The molecule has 2 N–H and O–H groups in total. The van der Waals surface area contributed by atoms with Crippen molar-refractivity contribution in [2.45, 2.75) is 16.6 Å². The van der Waals surface area contributed by atoms with Crippen molar-refractivity contribution < 1.29 is 18.9 Å². The summed E-state index contributed by atoms with van der Waals surface area (Å²) in [6.07, 6.45) is 2.93. The molecule has 0 spiro atoms. The molecule has 28 heavy (non-hydrogen) atoms. The second kappa shape index (κ2) is 8.94. The van der Waals surface area contributed by atoms with Gasteiger partial charge in [0.25, 0.3) is 0 Å². The van der Waals surface area contributed by atoms with Crippen LogP contribution in [0.4, 0.5) is 0 Å². The average molecular weight is 415 g/mol. The van der Waals surface area contributed by atoms with Crippen LogP contribution in [0.15, 0.2) is 63.6 Å². The van der Waals surface area contributed by atoms with Gasteiger partial charge < -0.3 is 10.4 Å². The van der Waals surface area contributed by atoms with Gasteiger partial charge in [-0.3, -0.25) is 13.8 Å². The molecular weight excluding hydrogens is 398 g/mol.